The van der Waals surface area contributed by atoms with Crippen LogP contribution in [0.1, 0.15) is 57.9 Å². The van der Waals surface area contributed by atoms with Gasteiger partial charge in [-0.3, -0.25) is 4.79 Å². The van der Waals surface area contributed by atoms with Gasteiger partial charge in [0.2, 0.25) is 0 Å². The number of carbonyl (C=O) groups is 1. The van der Waals surface area contributed by atoms with Gasteiger partial charge >= 0.3 is 5.97 Å². The van der Waals surface area contributed by atoms with Gasteiger partial charge in [0.15, 0.2) is 0 Å². The lowest BCUT2D eigenvalue weighted by molar-refractivity contribution is -0.169. The van der Waals surface area contributed by atoms with Gasteiger partial charge in [0.1, 0.15) is 5.60 Å². The SMILES string of the molecule is CCC(C)C(=O)OC1(c2cccc3ccccc23)CCCCC1. The molecule has 1 aliphatic rings. The molecule has 0 N–H and O–H groups in total. The molecule has 1 saturated carbocycles. The first kappa shape index (κ1) is 16.0. The Morgan fingerprint density at radius 2 is 1.78 bits per heavy atom. The Morgan fingerprint density at radius 1 is 1.09 bits per heavy atom. The minimum atomic E-state index is -0.445. The van der Waals surface area contributed by atoms with Gasteiger partial charge in [-0.25, -0.2) is 0 Å². The molecule has 122 valence electrons. The fraction of sp³-hybridized carbons (Fsp3) is 0.476. The third kappa shape index (κ3) is 3.12. The van der Waals surface area contributed by atoms with Crippen LogP contribution in [0.2, 0.25) is 0 Å². The van der Waals surface area contributed by atoms with Crippen LogP contribution in [0.25, 0.3) is 10.8 Å². The van der Waals surface area contributed by atoms with Gasteiger partial charge in [0, 0.05) is 5.56 Å². The Bertz CT molecular complexity index is 678. The molecule has 0 aliphatic heterocycles. The summed E-state index contributed by atoms with van der Waals surface area (Å²) in [6, 6.07) is 14.8. The number of carbonyl (C=O) groups excluding carboxylic acids is 1. The lowest BCUT2D eigenvalue weighted by atomic mass is 9.77. The van der Waals surface area contributed by atoms with Gasteiger partial charge in [-0.2, -0.15) is 0 Å². The molecule has 1 fully saturated rings. The molecular formula is C21H26O2. The van der Waals surface area contributed by atoms with Crippen LogP contribution >= 0.6 is 0 Å². The van der Waals surface area contributed by atoms with E-state index < -0.39 is 5.60 Å². The van der Waals surface area contributed by atoms with Gasteiger partial charge < -0.3 is 4.74 Å². The summed E-state index contributed by atoms with van der Waals surface area (Å²) in [6.07, 6.45) is 6.16. The second-order valence-electron chi connectivity index (χ2n) is 6.81. The molecule has 2 nitrogen and oxygen atoms in total. The Labute approximate surface area is 138 Å². The maximum Gasteiger partial charge on any atom is 0.309 e. The zero-order valence-corrected chi connectivity index (χ0v) is 14.2. The molecule has 0 radical (unpaired) electrons. The molecule has 0 spiro atoms. The molecule has 2 aromatic carbocycles. The van der Waals surface area contributed by atoms with Crippen molar-refractivity contribution in [2.45, 2.75) is 58.0 Å². The largest absolute Gasteiger partial charge is 0.454 e. The molecule has 0 bridgehead atoms. The molecule has 0 aromatic heterocycles. The molecule has 0 saturated heterocycles. The molecular weight excluding hydrogens is 284 g/mol. The van der Waals surface area contributed by atoms with Crippen molar-refractivity contribution in [3.8, 4) is 0 Å². The van der Waals surface area contributed by atoms with Gasteiger partial charge in [-0.15, -0.1) is 0 Å². The zero-order valence-electron chi connectivity index (χ0n) is 14.2. The molecule has 2 heteroatoms. The van der Waals surface area contributed by atoms with Gasteiger partial charge in [0.25, 0.3) is 0 Å². The number of rotatable bonds is 4. The Morgan fingerprint density at radius 3 is 2.52 bits per heavy atom. The summed E-state index contributed by atoms with van der Waals surface area (Å²) in [6.45, 7) is 4.00. The molecule has 0 amide bonds. The summed E-state index contributed by atoms with van der Waals surface area (Å²) in [5, 5.41) is 2.43. The first-order valence-electron chi connectivity index (χ1n) is 8.87. The van der Waals surface area contributed by atoms with Crippen LogP contribution in [0.4, 0.5) is 0 Å². The Hall–Kier alpha value is -1.83. The quantitative estimate of drug-likeness (QED) is 0.688. The van der Waals surface area contributed by atoms with E-state index in [1.165, 1.54) is 22.8 Å². The maximum atomic E-state index is 12.5. The predicted octanol–water partition coefficient (Wildman–Crippen LogP) is 5.59. The fourth-order valence-electron chi connectivity index (χ4n) is 3.63. The fourth-order valence-corrected chi connectivity index (χ4v) is 3.63. The number of ether oxygens (including phenoxy) is 1. The molecule has 23 heavy (non-hydrogen) atoms. The predicted molar refractivity (Wildman–Crippen MR) is 94.3 cm³/mol. The molecule has 2 aromatic rings. The summed E-state index contributed by atoms with van der Waals surface area (Å²) in [5.41, 5.74) is 0.742. The monoisotopic (exact) mass is 310 g/mol. The van der Waals surface area contributed by atoms with Crippen LogP contribution < -0.4 is 0 Å². The van der Waals surface area contributed by atoms with E-state index in [-0.39, 0.29) is 11.9 Å². The van der Waals surface area contributed by atoms with E-state index in [1.807, 2.05) is 13.8 Å². The summed E-state index contributed by atoms with van der Waals surface area (Å²) in [5.74, 6) is -0.0916. The van der Waals surface area contributed by atoms with Crippen LogP contribution in [0.5, 0.6) is 0 Å². The minimum absolute atomic E-state index is 0.0382. The van der Waals surface area contributed by atoms with Crippen molar-refractivity contribution in [1.82, 2.24) is 0 Å². The lowest BCUT2D eigenvalue weighted by Crippen LogP contribution is -2.36. The number of hydrogen-bond acceptors (Lipinski definition) is 2. The smallest absolute Gasteiger partial charge is 0.309 e. The van der Waals surface area contributed by atoms with Gasteiger partial charge in [0.05, 0.1) is 5.92 Å². The van der Waals surface area contributed by atoms with Crippen LogP contribution in [0.15, 0.2) is 42.5 Å². The van der Waals surface area contributed by atoms with Crippen molar-refractivity contribution in [2.75, 3.05) is 0 Å². The Kier molecular flexibility index (Phi) is 4.70. The number of esters is 1. The van der Waals surface area contributed by atoms with Crippen LogP contribution in [-0.2, 0) is 15.1 Å². The van der Waals surface area contributed by atoms with Crippen LogP contribution in [0, 0.1) is 5.92 Å². The molecule has 1 atom stereocenters. The number of hydrogen-bond donors (Lipinski definition) is 0. The van der Waals surface area contributed by atoms with E-state index >= 15 is 0 Å². The molecule has 1 aliphatic carbocycles. The van der Waals surface area contributed by atoms with E-state index in [0.717, 1.165) is 32.1 Å². The second kappa shape index (κ2) is 6.74. The minimum Gasteiger partial charge on any atom is -0.454 e. The van der Waals surface area contributed by atoms with Crippen molar-refractivity contribution in [3.05, 3.63) is 48.0 Å². The van der Waals surface area contributed by atoms with Crippen molar-refractivity contribution >= 4 is 16.7 Å². The number of fused-ring (bicyclic) bond motifs is 1. The first-order valence-corrected chi connectivity index (χ1v) is 8.87. The van der Waals surface area contributed by atoms with Crippen molar-refractivity contribution in [3.63, 3.8) is 0 Å². The standard InChI is InChI=1S/C21H26O2/c1-3-16(2)20(22)23-21(14-7-4-8-15-21)19-13-9-11-17-10-5-6-12-18(17)19/h5-6,9-13,16H,3-4,7-8,14-15H2,1-2H3. The molecule has 0 heterocycles. The Balaban J connectivity index is 2.06. The maximum absolute atomic E-state index is 12.5. The van der Waals surface area contributed by atoms with E-state index in [1.54, 1.807) is 0 Å². The van der Waals surface area contributed by atoms with Gasteiger partial charge in [-0.05, 0) is 42.9 Å². The highest BCUT2D eigenvalue weighted by atomic mass is 16.6. The highest BCUT2D eigenvalue weighted by Gasteiger charge is 2.39. The normalized spacial score (nSPS) is 18.5. The third-order valence-electron chi connectivity index (χ3n) is 5.25. The topological polar surface area (TPSA) is 26.3 Å². The highest BCUT2D eigenvalue weighted by molar-refractivity contribution is 5.87. The van der Waals surface area contributed by atoms with Crippen molar-refractivity contribution in [1.29, 1.82) is 0 Å². The van der Waals surface area contributed by atoms with Crippen LogP contribution in [0.3, 0.4) is 0 Å². The zero-order chi connectivity index (χ0) is 16.3. The van der Waals surface area contributed by atoms with E-state index in [0.29, 0.717) is 0 Å². The average molecular weight is 310 g/mol. The molecule has 3 rings (SSSR count). The number of benzene rings is 2. The first-order chi connectivity index (χ1) is 11.2. The molecule has 1 unspecified atom stereocenters. The lowest BCUT2D eigenvalue weighted by Gasteiger charge is -2.38. The summed E-state index contributed by atoms with van der Waals surface area (Å²) >= 11 is 0. The average Bonchev–Trinajstić information content (AvgIpc) is 2.61. The summed E-state index contributed by atoms with van der Waals surface area (Å²) in [4.78, 5) is 12.5. The highest BCUT2D eigenvalue weighted by Crippen LogP contribution is 2.43. The van der Waals surface area contributed by atoms with Crippen molar-refractivity contribution in [2.24, 2.45) is 5.92 Å². The second-order valence-corrected chi connectivity index (χ2v) is 6.81. The van der Waals surface area contributed by atoms with E-state index in [9.17, 15) is 4.79 Å². The van der Waals surface area contributed by atoms with Crippen molar-refractivity contribution < 1.29 is 9.53 Å². The van der Waals surface area contributed by atoms with E-state index in [4.69, 9.17) is 4.74 Å². The van der Waals surface area contributed by atoms with Crippen LogP contribution in [-0.4, -0.2) is 5.97 Å². The third-order valence-corrected chi connectivity index (χ3v) is 5.25. The summed E-state index contributed by atoms with van der Waals surface area (Å²) in [7, 11) is 0. The van der Waals surface area contributed by atoms with E-state index in [2.05, 4.69) is 42.5 Å². The summed E-state index contributed by atoms with van der Waals surface area (Å²) < 4.78 is 6.19. The van der Waals surface area contributed by atoms with Gasteiger partial charge in [-0.1, -0.05) is 62.7 Å².